The Morgan fingerprint density at radius 3 is 1.86 bits per heavy atom. The number of hydrogen-bond donors (Lipinski definition) is 0. The number of aliphatic carboxylic acids is 1. The first-order valence-corrected chi connectivity index (χ1v) is 12.6. The van der Waals surface area contributed by atoms with Crippen LogP contribution in [0.1, 0.15) is 11.1 Å². The van der Waals surface area contributed by atoms with Crippen molar-refractivity contribution in [3.63, 3.8) is 0 Å². The van der Waals surface area contributed by atoms with Crippen LogP contribution in [0, 0.1) is 6.92 Å². The Kier molecular flexibility index (Phi) is 9.61. The molecule has 190 valence electrons. The zero-order valence-corrected chi connectivity index (χ0v) is 22.2. The Bertz CT molecular complexity index is 1540. The van der Waals surface area contributed by atoms with E-state index >= 15 is 0 Å². The second-order valence-electron chi connectivity index (χ2n) is 8.13. The molecular weight excluding hydrogens is 581 g/mol. The summed E-state index contributed by atoms with van der Waals surface area (Å²) in [6, 6.07) is 25.5. The van der Waals surface area contributed by atoms with Crippen molar-refractivity contribution in [2.75, 3.05) is 0 Å². The van der Waals surface area contributed by atoms with E-state index in [9.17, 15) is 18.3 Å². The van der Waals surface area contributed by atoms with Gasteiger partial charge in [0, 0.05) is 34.0 Å². The number of carboxylic acid groups (broad SMARTS) is 1. The minimum absolute atomic E-state index is 0. The van der Waals surface area contributed by atoms with Gasteiger partial charge in [-0.3, -0.25) is 9.97 Å². The maximum Gasteiger partial charge on any atom is 2.00 e. The van der Waals surface area contributed by atoms with Gasteiger partial charge < -0.3 is 14.6 Å². The number of carbonyl (C=O) groups is 1. The van der Waals surface area contributed by atoms with Gasteiger partial charge in [-0.05, 0) is 43.2 Å². The van der Waals surface area contributed by atoms with Gasteiger partial charge in [0.05, 0.1) is 11.0 Å². The van der Waals surface area contributed by atoms with E-state index in [4.69, 9.17) is 0 Å². The molecule has 0 aliphatic heterocycles. The minimum Gasteiger partial charge on any atom is -0.552 e. The summed E-state index contributed by atoms with van der Waals surface area (Å²) >= 11 is 0. The molecule has 0 aliphatic carbocycles. The molecule has 3 aromatic carbocycles. The number of benzene rings is 3. The molecule has 0 bridgehead atoms. The minimum atomic E-state index is -4.04. The van der Waals surface area contributed by atoms with Crippen LogP contribution < -0.4 is 5.11 Å². The Morgan fingerprint density at radius 2 is 1.35 bits per heavy atom. The number of carboxylic acids is 1. The first-order valence-electron chi connectivity index (χ1n) is 11.2. The Labute approximate surface area is 229 Å². The molecule has 0 spiro atoms. The molecule has 0 saturated carbocycles. The molecule has 0 saturated heterocycles. The van der Waals surface area contributed by atoms with Crippen LogP contribution in [0.5, 0.6) is 0 Å². The molecule has 0 aliphatic rings. The fraction of sp³-hybridized carbons (Fsp3) is 0.107. The topological polar surface area (TPSA) is 114 Å². The van der Waals surface area contributed by atoms with E-state index in [1.54, 1.807) is 54.9 Å². The third-order valence-corrected chi connectivity index (χ3v) is 6.87. The van der Waals surface area contributed by atoms with Crippen molar-refractivity contribution in [3.05, 3.63) is 119 Å². The number of fused-ring (bicyclic) bond motifs is 3. The van der Waals surface area contributed by atoms with Crippen LogP contribution in [0.2, 0.25) is 0 Å². The number of aryl methyl sites for hydroxylation is 1. The summed E-state index contributed by atoms with van der Waals surface area (Å²) in [6.45, 7) is 1.83. The number of pyridine rings is 2. The normalized spacial score (nSPS) is 11.7. The van der Waals surface area contributed by atoms with Crippen molar-refractivity contribution < 1.29 is 38.7 Å². The summed E-state index contributed by atoms with van der Waals surface area (Å²) in [5, 5.41) is 13.5. The van der Waals surface area contributed by atoms with Gasteiger partial charge >= 0.3 is 20.4 Å². The van der Waals surface area contributed by atoms with E-state index in [0.717, 1.165) is 27.4 Å². The first-order chi connectivity index (χ1) is 17.3. The Morgan fingerprint density at radius 1 is 0.811 bits per heavy atom. The molecule has 9 heteroatoms. The number of hydrogen-bond acceptors (Lipinski definition) is 6. The summed E-state index contributed by atoms with van der Waals surface area (Å²) in [5.41, 5.74) is 3.54. The quantitative estimate of drug-likeness (QED) is 0.212. The standard InChI is InChI=1S/C16H16NO4S.C12H8N2.Pd/c1-12-7-9-14(10-8-12)22(20,21)17-15(16(18)19)11-13-5-3-2-4-6-13;1-3-9-5-6-10-4-2-8-14-12(10)11(9)13-7-1;/h2-10,15H,11H2,1H3,(H,18,19);1-8H;/q-1;;+2/p-1/t15-;;/m0../s1. The van der Waals surface area contributed by atoms with E-state index in [0.29, 0.717) is 5.56 Å². The average Bonchev–Trinajstić information content (AvgIpc) is 2.89. The van der Waals surface area contributed by atoms with E-state index in [-0.39, 0.29) is 31.7 Å². The van der Waals surface area contributed by atoms with Crippen LogP contribution in [0.4, 0.5) is 0 Å². The Hall–Kier alpha value is -3.48. The number of carbonyl (C=O) groups excluding carboxylic acids is 1. The largest absolute Gasteiger partial charge is 2.00 e. The fourth-order valence-electron chi connectivity index (χ4n) is 3.62. The average molecular weight is 604 g/mol. The summed E-state index contributed by atoms with van der Waals surface area (Å²) in [5.74, 6) is -1.51. The van der Waals surface area contributed by atoms with Crippen molar-refractivity contribution in [1.29, 1.82) is 0 Å². The molecule has 0 fully saturated rings. The molecule has 7 nitrogen and oxygen atoms in total. The second-order valence-corrected chi connectivity index (χ2v) is 9.77. The predicted octanol–water partition coefficient (Wildman–Crippen LogP) is 4.20. The van der Waals surface area contributed by atoms with Gasteiger partial charge in [-0.2, -0.15) is 0 Å². The van der Waals surface area contributed by atoms with Crippen molar-refractivity contribution in [2.45, 2.75) is 24.3 Å². The number of rotatable bonds is 6. The smallest absolute Gasteiger partial charge is 0.552 e. The van der Waals surface area contributed by atoms with Crippen LogP contribution in [0.25, 0.3) is 26.5 Å². The molecule has 2 aromatic heterocycles. The number of sulfonamides is 1. The summed E-state index contributed by atoms with van der Waals surface area (Å²) in [7, 11) is -4.04. The van der Waals surface area contributed by atoms with Crippen molar-refractivity contribution in [3.8, 4) is 0 Å². The van der Waals surface area contributed by atoms with Crippen LogP contribution in [-0.2, 0) is 41.7 Å². The molecule has 0 amide bonds. The van der Waals surface area contributed by atoms with Crippen LogP contribution in [0.15, 0.2) is 108 Å². The van der Waals surface area contributed by atoms with Gasteiger partial charge in [0.15, 0.2) is 0 Å². The van der Waals surface area contributed by atoms with E-state index in [1.807, 2.05) is 19.1 Å². The van der Waals surface area contributed by atoms with Crippen molar-refractivity contribution >= 4 is 37.8 Å². The van der Waals surface area contributed by atoms with Crippen molar-refractivity contribution in [2.24, 2.45) is 0 Å². The van der Waals surface area contributed by atoms with E-state index in [1.165, 1.54) is 12.1 Å². The van der Waals surface area contributed by atoms with Gasteiger partial charge in [-0.25, -0.2) is 8.42 Å². The summed E-state index contributed by atoms with van der Waals surface area (Å²) < 4.78 is 27.9. The van der Waals surface area contributed by atoms with Crippen molar-refractivity contribution in [1.82, 2.24) is 9.97 Å². The maximum absolute atomic E-state index is 12.2. The van der Waals surface area contributed by atoms with Crippen LogP contribution in [-0.4, -0.2) is 30.4 Å². The SMILES string of the molecule is Cc1ccc(S(=O)(=O)[N-][C@@H](Cc2ccccc2)C(=O)[O-])cc1.[Pd+2].c1cnc2c(c1)ccc1cccnc12. The maximum atomic E-state index is 12.2. The molecule has 5 aromatic rings. The van der Waals surface area contributed by atoms with E-state index < -0.39 is 22.0 Å². The van der Waals surface area contributed by atoms with Gasteiger partial charge in [0.25, 0.3) is 0 Å². The summed E-state index contributed by atoms with van der Waals surface area (Å²) in [6.07, 6.45) is 3.57. The molecule has 37 heavy (non-hydrogen) atoms. The van der Waals surface area contributed by atoms with Gasteiger partial charge in [0.2, 0.25) is 0 Å². The molecule has 1 atom stereocenters. The first kappa shape index (κ1) is 28.1. The van der Waals surface area contributed by atoms with Crippen LogP contribution >= 0.6 is 0 Å². The second kappa shape index (κ2) is 12.7. The number of nitrogens with zero attached hydrogens (tertiary/aromatic N) is 3. The zero-order valence-electron chi connectivity index (χ0n) is 19.8. The predicted molar refractivity (Wildman–Crippen MR) is 138 cm³/mol. The zero-order chi connectivity index (χ0) is 25.5. The molecule has 0 unspecified atom stereocenters. The fourth-order valence-corrected chi connectivity index (χ4v) is 4.72. The third kappa shape index (κ3) is 7.28. The monoisotopic (exact) mass is 603 g/mol. The number of aromatic nitrogens is 2. The molecule has 0 N–H and O–H groups in total. The Balaban J connectivity index is 0.000000217. The van der Waals surface area contributed by atoms with Crippen LogP contribution in [0.3, 0.4) is 0 Å². The van der Waals surface area contributed by atoms with Gasteiger partial charge in [0.1, 0.15) is 10.0 Å². The summed E-state index contributed by atoms with van der Waals surface area (Å²) in [4.78, 5) is 19.9. The van der Waals surface area contributed by atoms with Gasteiger partial charge in [-0.1, -0.05) is 78.3 Å². The van der Waals surface area contributed by atoms with E-state index in [2.05, 4.69) is 39.0 Å². The van der Waals surface area contributed by atoms with Gasteiger partial charge in [-0.15, -0.1) is 0 Å². The third-order valence-electron chi connectivity index (χ3n) is 5.47. The molecule has 5 rings (SSSR count). The molecule has 2 heterocycles. The molecular formula is C28H23N3O4PdS. The molecule has 0 radical (unpaired) electrons.